The van der Waals surface area contributed by atoms with Gasteiger partial charge in [0.1, 0.15) is 0 Å². The van der Waals surface area contributed by atoms with Crippen LogP contribution in [-0.4, -0.2) is 24.8 Å². The Kier molecular flexibility index (Phi) is 3.30. The van der Waals surface area contributed by atoms with E-state index in [0.717, 1.165) is 0 Å². The molecule has 0 fully saturated rings. The molecule has 0 heterocycles. The second-order valence-corrected chi connectivity index (χ2v) is 3.07. The summed E-state index contributed by atoms with van der Waals surface area (Å²) in [5.74, 6) is -11.2. The highest BCUT2D eigenvalue weighted by atomic mass is 19.3. The maximum Gasteiger partial charge on any atom is 0.311 e. The molecule has 0 aromatic heterocycles. The average Bonchev–Trinajstić information content (AvgIpc) is 1.81. The van der Waals surface area contributed by atoms with Crippen molar-refractivity contribution in [1.82, 2.24) is 0 Å². The van der Waals surface area contributed by atoms with Crippen LogP contribution in [0.25, 0.3) is 0 Å². The lowest BCUT2D eigenvalue weighted by Gasteiger charge is -2.30. The molecule has 1 nitrogen and oxygen atoms in total. The Morgan fingerprint density at radius 1 is 1.00 bits per heavy atom. The van der Waals surface area contributed by atoms with Gasteiger partial charge in [-0.25, -0.2) is 22.0 Å². The molecule has 0 amide bonds. The topological polar surface area (TPSA) is 9.23 Å². The highest BCUT2D eigenvalue weighted by Crippen LogP contribution is 2.40. The third kappa shape index (κ3) is 3.46. The first-order valence-electron chi connectivity index (χ1n) is 3.51. The number of halogens is 5. The van der Waals surface area contributed by atoms with E-state index in [2.05, 4.69) is 4.74 Å². The second-order valence-electron chi connectivity index (χ2n) is 3.07. The van der Waals surface area contributed by atoms with Crippen LogP contribution in [-0.2, 0) is 4.74 Å². The lowest BCUT2D eigenvalue weighted by molar-refractivity contribution is -0.275. The molecule has 0 saturated carbocycles. The van der Waals surface area contributed by atoms with E-state index in [9.17, 15) is 22.0 Å². The summed E-state index contributed by atoms with van der Waals surface area (Å²) in [4.78, 5) is 0. The van der Waals surface area contributed by atoms with E-state index >= 15 is 0 Å². The van der Waals surface area contributed by atoms with Gasteiger partial charge < -0.3 is 4.74 Å². The SMILES string of the molecule is COC(C)(F)C(F)(F)CC(C)(F)F. The minimum absolute atomic E-state index is 0.298. The maximum atomic E-state index is 12.8. The summed E-state index contributed by atoms with van der Waals surface area (Å²) in [5, 5.41) is 0. The molecule has 13 heavy (non-hydrogen) atoms. The molecule has 6 heteroatoms. The van der Waals surface area contributed by atoms with E-state index in [1.54, 1.807) is 0 Å². The van der Waals surface area contributed by atoms with E-state index in [0.29, 0.717) is 21.0 Å². The highest BCUT2D eigenvalue weighted by Gasteiger charge is 2.55. The summed E-state index contributed by atoms with van der Waals surface area (Å²) >= 11 is 0. The summed E-state index contributed by atoms with van der Waals surface area (Å²) in [6.07, 6.45) is -1.87. The van der Waals surface area contributed by atoms with Crippen LogP contribution in [0.2, 0.25) is 0 Å². The predicted molar refractivity (Wildman–Crippen MR) is 36.7 cm³/mol. The minimum Gasteiger partial charge on any atom is -0.345 e. The molecule has 0 bridgehead atoms. The molecular weight excluding hydrogens is 195 g/mol. The lowest BCUT2D eigenvalue weighted by Crippen LogP contribution is -2.46. The number of rotatable bonds is 4. The average molecular weight is 206 g/mol. The fourth-order valence-electron chi connectivity index (χ4n) is 0.697. The van der Waals surface area contributed by atoms with E-state index in [-0.39, 0.29) is 0 Å². The van der Waals surface area contributed by atoms with Crippen LogP contribution in [0.4, 0.5) is 22.0 Å². The first-order chi connectivity index (χ1) is 5.52. The van der Waals surface area contributed by atoms with Gasteiger partial charge in [0.15, 0.2) is 0 Å². The smallest absolute Gasteiger partial charge is 0.311 e. The number of ether oxygens (including phenoxy) is 1. The van der Waals surface area contributed by atoms with Crippen molar-refractivity contribution in [2.24, 2.45) is 0 Å². The standard InChI is InChI=1S/C7H11F5O/c1-5(8,9)4-7(11,12)6(2,10)13-3/h4H2,1-3H3. The van der Waals surface area contributed by atoms with E-state index < -0.39 is 24.1 Å². The Bertz CT molecular complexity index is 172. The van der Waals surface area contributed by atoms with Gasteiger partial charge in [0.25, 0.3) is 11.8 Å². The lowest BCUT2D eigenvalue weighted by atomic mass is 10.1. The van der Waals surface area contributed by atoms with E-state index in [1.807, 2.05) is 0 Å². The Morgan fingerprint density at radius 3 is 1.62 bits per heavy atom. The molecule has 0 N–H and O–H groups in total. The zero-order valence-corrected chi connectivity index (χ0v) is 7.51. The van der Waals surface area contributed by atoms with Gasteiger partial charge in [-0.05, 0) is 6.92 Å². The van der Waals surface area contributed by atoms with Crippen molar-refractivity contribution in [1.29, 1.82) is 0 Å². The van der Waals surface area contributed by atoms with Gasteiger partial charge in [0, 0.05) is 14.0 Å². The number of methoxy groups -OCH3 is 1. The molecule has 0 aliphatic heterocycles. The quantitative estimate of drug-likeness (QED) is 0.642. The van der Waals surface area contributed by atoms with Crippen LogP contribution in [0.3, 0.4) is 0 Å². The van der Waals surface area contributed by atoms with Gasteiger partial charge in [0.2, 0.25) is 0 Å². The molecule has 0 saturated heterocycles. The fourth-order valence-corrected chi connectivity index (χ4v) is 0.697. The first-order valence-corrected chi connectivity index (χ1v) is 3.51. The van der Waals surface area contributed by atoms with Crippen molar-refractivity contribution < 1.29 is 26.7 Å². The molecule has 1 atom stereocenters. The second kappa shape index (κ2) is 3.40. The summed E-state index contributed by atoms with van der Waals surface area (Å²) in [6, 6.07) is 0. The van der Waals surface area contributed by atoms with Crippen molar-refractivity contribution in [3.05, 3.63) is 0 Å². The molecule has 0 aliphatic rings. The van der Waals surface area contributed by atoms with Crippen molar-refractivity contribution in [2.75, 3.05) is 7.11 Å². The molecular formula is C7H11F5O. The zero-order valence-electron chi connectivity index (χ0n) is 7.51. The Morgan fingerprint density at radius 2 is 1.38 bits per heavy atom. The summed E-state index contributed by atoms with van der Waals surface area (Å²) in [6.45, 7) is 0.714. The predicted octanol–water partition coefficient (Wildman–Crippen LogP) is 3.00. The summed E-state index contributed by atoms with van der Waals surface area (Å²) in [5.41, 5.74) is 0. The molecule has 0 rings (SSSR count). The molecule has 0 aliphatic carbocycles. The minimum atomic E-state index is -4.21. The molecule has 80 valence electrons. The van der Waals surface area contributed by atoms with Gasteiger partial charge in [-0.1, -0.05) is 0 Å². The van der Waals surface area contributed by atoms with Crippen molar-refractivity contribution in [2.45, 2.75) is 38.0 Å². The maximum absolute atomic E-state index is 12.8. The van der Waals surface area contributed by atoms with Crippen molar-refractivity contribution in [3.8, 4) is 0 Å². The monoisotopic (exact) mass is 206 g/mol. The molecule has 0 spiro atoms. The Balaban J connectivity index is 4.58. The van der Waals surface area contributed by atoms with Crippen molar-refractivity contribution >= 4 is 0 Å². The van der Waals surface area contributed by atoms with Crippen LogP contribution in [0.1, 0.15) is 20.3 Å². The van der Waals surface area contributed by atoms with Gasteiger partial charge in [-0.3, -0.25) is 0 Å². The highest BCUT2D eigenvalue weighted by molar-refractivity contribution is 4.85. The van der Waals surface area contributed by atoms with Crippen LogP contribution in [0.15, 0.2) is 0 Å². The molecule has 0 radical (unpaired) electrons. The molecule has 0 aromatic carbocycles. The fraction of sp³-hybridized carbons (Fsp3) is 1.00. The van der Waals surface area contributed by atoms with Gasteiger partial charge >= 0.3 is 5.92 Å². The summed E-state index contributed by atoms with van der Waals surface area (Å²) in [7, 11) is 0.696. The van der Waals surface area contributed by atoms with E-state index in [1.165, 1.54) is 0 Å². The van der Waals surface area contributed by atoms with Crippen molar-refractivity contribution in [3.63, 3.8) is 0 Å². The Labute approximate surface area is 72.9 Å². The molecule has 0 aromatic rings. The molecule has 1 unspecified atom stereocenters. The van der Waals surface area contributed by atoms with Crippen LogP contribution >= 0.6 is 0 Å². The number of hydrogen-bond acceptors (Lipinski definition) is 1. The summed E-state index contributed by atoms with van der Waals surface area (Å²) < 4.78 is 66.4. The normalized spacial score (nSPS) is 18.5. The van der Waals surface area contributed by atoms with Gasteiger partial charge in [-0.2, -0.15) is 0 Å². The third-order valence-electron chi connectivity index (χ3n) is 1.57. The first kappa shape index (κ1) is 12.6. The Hall–Kier alpha value is -0.390. The van der Waals surface area contributed by atoms with Gasteiger partial charge in [0.05, 0.1) is 6.42 Å². The van der Waals surface area contributed by atoms with Crippen LogP contribution < -0.4 is 0 Å². The van der Waals surface area contributed by atoms with E-state index in [4.69, 9.17) is 0 Å². The van der Waals surface area contributed by atoms with Crippen LogP contribution in [0, 0.1) is 0 Å². The van der Waals surface area contributed by atoms with Gasteiger partial charge in [-0.15, -0.1) is 0 Å². The number of hydrogen-bond donors (Lipinski definition) is 0. The number of alkyl halides is 5. The van der Waals surface area contributed by atoms with Crippen LogP contribution in [0.5, 0.6) is 0 Å². The largest absolute Gasteiger partial charge is 0.345 e. The third-order valence-corrected chi connectivity index (χ3v) is 1.57. The zero-order chi connectivity index (χ0) is 10.9.